The van der Waals surface area contributed by atoms with Crippen molar-refractivity contribution in [3.05, 3.63) is 21.5 Å². The van der Waals surface area contributed by atoms with Crippen LogP contribution < -0.4 is 4.74 Å². The Bertz CT molecular complexity index is 327. The van der Waals surface area contributed by atoms with Crippen molar-refractivity contribution in [1.82, 2.24) is 4.98 Å². The maximum absolute atomic E-state index is 11.0. The van der Waals surface area contributed by atoms with Crippen LogP contribution in [0.5, 0.6) is 5.75 Å². The van der Waals surface area contributed by atoms with Crippen LogP contribution in [0.2, 0.25) is 0 Å². The number of aromatic nitrogens is 1. The zero-order chi connectivity index (χ0) is 9.84. The van der Waals surface area contributed by atoms with E-state index < -0.39 is 5.97 Å². The lowest BCUT2D eigenvalue weighted by Gasteiger charge is -2.03. The van der Waals surface area contributed by atoms with E-state index in [1.54, 1.807) is 19.2 Å². The average molecular weight is 293 g/mol. The third-order valence-corrected chi connectivity index (χ3v) is 2.20. The number of hydrogen-bond acceptors (Lipinski definition) is 4. The molecule has 0 amide bonds. The minimum Gasteiger partial charge on any atom is -0.494 e. The molecule has 0 fully saturated rings. The molecule has 0 aliphatic carbocycles. The largest absolute Gasteiger partial charge is 0.494 e. The molecule has 0 aliphatic rings. The van der Waals surface area contributed by atoms with E-state index in [4.69, 9.17) is 4.74 Å². The predicted octanol–water partition coefficient (Wildman–Crippen LogP) is 1.48. The summed E-state index contributed by atoms with van der Waals surface area (Å²) in [7, 11) is 2.87. The smallest absolute Gasteiger partial charge is 0.356 e. The summed E-state index contributed by atoms with van der Waals surface area (Å²) >= 11 is 1.99. The third-order valence-electron chi connectivity index (χ3n) is 1.43. The normalized spacial score (nSPS) is 9.46. The van der Waals surface area contributed by atoms with Crippen LogP contribution in [-0.2, 0) is 4.74 Å². The average Bonchev–Trinajstić information content (AvgIpc) is 2.16. The van der Waals surface area contributed by atoms with Crippen molar-refractivity contribution in [3.63, 3.8) is 0 Å². The van der Waals surface area contributed by atoms with E-state index in [1.165, 1.54) is 7.11 Å². The number of esters is 1. The summed E-state index contributed by atoms with van der Waals surface area (Å²) in [6.07, 6.45) is 0. The second-order valence-electron chi connectivity index (χ2n) is 2.18. The Morgan fingerprint density at radius 1 is 1.46 bits per heavy atom. The Morgan fingerprint density at radius 2 is 2.15 bits per heavy atom. The van der Waals surface area contributed by atoms with E-state index in [-0.39, 0.29) is 5.69 Å². The lowest BCUT2D eigenvalue weighted by molar-refractivity contribution is 0.0593. The lowest BCUT2D eigenvalue weighted by atomic mass is 10.3. The van der Waals surface area contributed by atoms with Crippen LogP contribution in [0.15, 0.2) is 12.1 Å². The molecule has 1 aromatic rings. The van der Waals surface area contributed by atoms with Gasteiger partial charge < -0.3 is 9.47 Å². The summed E-state index contributed by atoms with van der Waals surface area (Å²) in [4.78, 5) is 15.0. The van der Waals surface area contributed by atoms with Gasteiger partial charge in [0.2, 0.25) is 0 Å². The predicted molar refractivity (Wildman–Crippen MR) is 54.8 cm³/mol. The molecule has 0 spiro atoms. The van der Waals surface area contributed by atoms with Crippen molar-refractivity contribution in [2.75, 3.05) is 14.2 Å². The molecular formula is C8H8INO3. The summed E-state index contributed by atoms with van der Waals surface area (Å²) in [5, 5.41) is 0. The second kappa shape index (κ2) is 4.40. The number of ether oxygens (including phenoxy) is 2. The number of carbonyl (C=O) groups is 1. The van der Waals surface area contributed by atoms with Gasteiger partial charge in [-0.3, -0.25) is 0 Å². The van der Waals surface area contributed by atoms with Crippen molar-refractivity contribution in [1.29, 1.82) is 0 Å². The van der Waals surface area contributed by atoms with Gasteiger partial charge in [-0.2, -0.15) is 0 Å². The molecule has 0 unspecified atom stereocenters. The van der Waals surface area contributed by atoms with Gasteiger partial charge in [-0.05, 0) is 34.7 Å². The highest BCUT2D eigenvalue weighted by Gasteiger charge is 2.09. The van der Waals surface area contributed by atoms with Crippen molar-refractivity contribution in [2.24, 2.45) is 0 Å². The van der Waals surface area contributed by atoms with Crippen molar-refractivity contribution in [3.8, 4) is 5.75 Å². The first-order valence-corrected chi connectivity index (χ1v) is 4.55. The van der Waals surface area contributed by atoms with Crippen LogP contribution >= 0.6 is 22.6 Å². The van der Waals surface area contributed by atoms with E-state index in [9.17, 15) is 4.79 Å². The maximum atomic E-state index is 11.0. The van der Waals surface area contributed by atoms with Crippen LogP contribution in [0.3, 0.4) is 0 Å². The quantitative estimate of drug-likeness (QED) is 0.471. The van der Waals surface area contributed by atoms with Crippen LogP contribution in [-0.4, -0.2) is 25.2 Å². The first kappa shape index (κ1) is 10.2. The van der Waals surface area contributed by atoms with Crippen LogP contribution in [0.4, 0.5) is 0 Å². The molecular weight excluding hydrogens is 285 g/mol. The number of halogens is 1. The second-order valence-corrected chi connectivity index (χ2v) is 3.20. The summed E-state index contributed by atoms with van der Waals surface area (Å²) in [5.74, 6) is 0.203. The number of pyridine rings is 1. The van der Waals surface area contributed by atoms with E-state index in [2.05, 4.69) is 9.72 Å². The number of nitrogens with zero attached hydrogens (tertiary/aromatic N) is 1. The van der Waals surface area contributed by atoms with Crippen LogP contribution in [0.25, 0.3) is 0 Å². The van der Waals surface area contributed by atoms with Gasteiger partial charge in [0, 0.05) is 0 Å². The zero-order valence-corrected chi connectivity index (χ0v) is 9.36. The molecule has 1 heterocycles. The highest BCUT2D eigenvalue weighted by atomic mass is 127. The van der Waals surface area contributed by atoms with Gasteiger partial charge in [0.05, 0.1) is 14.2 Å². The van der Waals surface area contributed by atoms with Gasteiger partial charge in [-0.1, -0.05) is 0 Å². The third kappa shape index (κ3) is 2.30. The number of rotatable bonds is 2. The lowest BCUT2D eigenvalue weighted by Crippen LogP contribution is -2.05. The fraction of sp³-hybridized carbons (Fsp3) is 0.250. The Kier molecular flexibility index (Phi) is 3.47. The topological polar surface area (TPSA) is 48.4 Å². The van der Waals surface area contributed by atoms with Gasteiger partial charge >= 0.3 is 5.97 Å². The maximum Gasteiger partial charge on any atom is 0.356 e. The first-order chi connectivity index (χ1) is 6.19. The standard InChI is InChI=1S/C8H8INO3/c1-12-6-4-3-5(8(11)13-2)10-7(6)9/h3-4H,1-2H3. The summed E-state index contributed by atoms with van der Waals surface area (Å²) in [6.45, 7) is 0. The molecule has 1 rings (SSSR count). The molecule has 0 aromatic carbocycles. The molecule has 0 aliphatic heterocycles. The van der Waals surface area contributed by atoms with E-state index in [0.717, 1.165) is 0 Å². The summed E-state index contributed by atoms with van der Waals surface area (Å²) in [6, 6.07) is 3.24. The van der Waals surface area contributed by atoms with Gasteiger partial charge in [0.1, 0.15) is 9.39 Å². The molecule has 0 radical (unpaired) electrons. The number of methoxy groups -OCH3 is 2. The highest BCUT2D eigenvalue weighted by Crippen LogP contribution is 2.18. The molecule has 0 bridgehead atoms. The fourth-order valence-corrected chi connectivity index (χ4v) is 1.45. The van der Waals surface area contributed by atoms with Crippen LogP contribution in [0, 0.1) is 3.70 Å². The highest BCUT2D eigenvalue weighted by molar-refractivity contribution is 14.1. The molecule has 0 saturated carbocycles. The first-order valence-electron chi connectivity index (χ1n) is 3.48. The van der Waals surface area contributed by atoms with Crippen molar-refractivity contribution in [2.45, 2.75) is 0 Å². The summed E-state index contributed by atoms with van der Waals surface area (Å²) in [5.41, 5.74) is 0.285. The van der Waals surface area contributed by atoms with Crippen molar-refractivity contribution < 1.29 is 14.3 Å². The minimum atomic E-state index is -0.444. The molecule has 0 atom stereocenters. The molecule has 5 heteroatoms. The van der Waals surface area contributed by atoms with Gasteiger partial charge in [-0.15, -0.1) is 0 Å². The SMILES string of the molecule is COC(=O)c1ccc(OC)c(I)n1. The Labute approximate surface area is 89.4 Å². The molecule has 70 valence electrons. The van der Waals surface area contributed by atoms with Crippen molar-refractivity contribution >= 4 is 28.6 Å². The number of hydrogen-bond donors (Lipinski definition) is 0. The van der Waals surface area contributed by atoms with Gasteiger partial charge in [0.15, 0.2) is 5.75 Å². The number of carbonyl (C=O) groups excluding carboxylic acids is 1. The fourth-order valence-electron chi connectivity index (χ4n) is 0.792. The molecule has 1 aromatic heterocycles. The molecule has 4 nitrogen and oxygen atoms in total. The Morgan fingerprint density at radius 3 is 2.62 bits per heavy atom. The van der Waals surface area contributed by atoms with E-state index in [1.807, 2.05) is 22.6 Å². The zero-order valence-electron chi connectivity index (χ0n) is 7.20. The van der Waals surface area contributed by atoms with E-state index in [0.29, 0.717) is 9.45 Å². The monoisotopic (exact) mass is 293 g/mol. The molecule has 0 saturated heterocycles. The minimum absolute atomic E-state index is 0.285. The van der Waals surface area contributed by atoms with Gasteiger partial charge in [0.25, 0.3) is 0 Å². The Balaban J connectivity index is 3.02. The van der Waals surface area contributed by atoms with Crippen LogP contribution in [0.1, 0.15) is 10.5 Å². The molecule has 13 heavy (non-hydrogen) atoms. The summed E-state index contributed by atoms with van der Waals surface area (Å²) < 4.78 is 10.2. The van der Waals surface area contributed by atoms with Gasteiger partial charge in [-0.25, -0.2) is 9.78 Å². The molecule has 0 N–H and O–H groups in total. The Hall–Kier alpha value is -0.850. The van der Waals surface area contributed by atoms with E-state index >= 15 is 0 Å².